The summed E-state index contributed by atoms with van der Waals surface area (Å²) in [5.41, 5.74) is 4.89. The first-order valence-corrected chi connectivity index (χ1v) is 12.9. The number of nitrogens with zero attached hydrogens (tertiary/aromatic N) is 1. The minimum absolute atomic E-state index is 0.160. The van der Waals surface area contributed by atoms with Crippen molar-refractivity contribution in [2.24, 2.45) is 0 Å². The van der Waals surface area contributed by atoms with Gasteiger partial charge in [-0.2, -0.15) is 0 Å². The van der Waals surface area contributed by atoms with Crippen molar-refractivity contribution >= 4 is 56.3 Å². The molecule has 4 aromatic carbocycles. The molecular weight excluding hydrogens is 544 g/mol. The zero-order valence-electron chi connectivity index (χ0n) is 21.2. The standard InChI is InChI=1S/C31H25BrN2O4/c1-18-9-12-24(14-20(18)3)34-30(36)26(29(35)33-31(34)37)16-22-15-23(32)11-13-28(22)38-17-27-19(2)8-10-21-6-4-5-7-25(21)27/h4-16H,17H2,1-3H3,(H,33,35,37)/b26-16+. The highest BCUT2D eigenvalue weighted by Gasteiger charge is 2.37. The Labute approximate surface area is 229 Å². The second kappa shape index (κ2) is 10.3. The van der Waals surface area contributed by atoms with E-state index in [1.165, 1.54) is 6.08 Å². The minimum Gasteiger partial charge on any atom is -0.488 e. The van der Waals surface area contributed by atoms with E-state index in [1.54, 1.807) is 24.3 Å². The van der Waals surface area contributed by atoms with Crippen LogP contribution in [0.25, 0.3) is 16.8 Å². The van der Waals surface area contributed by atoms with Gasteiger partial charge in [0.2, 0.25) is 0 Å². The highest BCUT2D eigenvalue weighted by atomic mass is 79.9. The van der Waals surface area contributed by atoms with Crippen molar-refractivity contribution in [1.29, 1.82) is 0 Å². The normalized spacial score (nSPS) is 14.8. The van der Waals surface area contributed by atoms with Crippen LogP contribution in [0.1, 0.15) is 27.8 Å². The van der Waals surface area contributed by atoms with Crippen LogP contribution in [0, 0.1) is 20.8 Å². The number of amides is 4. The molecule has 5 rings (SSSR count). The number of imide groups is 2. The van der Waals surface area contributed by atoms with Crippen LogP contribution in [0.4, 0.5) is 10.5 Å². The fourth-order valence-electron chi connectivity index (χ4n) is 4.46. The van der Waals surface area contributed by atoms with Crippen LogP contribution >= 0.6 is 15.9 Å². The number of barbiturate groups is 1. The lowest BCUT2D eigenvalue weighted by atomic mass is 10.0. The predicted molar refractivity (Wildman–Crippen MR) is 152 cm³/mol. The smallest absolute Gasteiger partial charge is 0.335 e. The van der Waals surface area contributed by atoms with E-state index in [-0.39, 0.29) is 5.57 Å². The van der Waals surface area contributed by atoms with Crippen LogP contribution in [0.15, 0.2) is 82.8 Å². The largest absolute Gasteiger partial charge is 0.488 e. The highest BCUT2D eigenvalue weighted by Crippen LogP contribution is 2.30. The number of fused-ring (bicyclic) bond motifs is 1. The van der Waals surface area contributed by atoms with Gasteiger partial charge in [-0.3, -0.25) is 14.9 Å². The zero-order valence-corrected chi connectivity index (χ0v) is 22.8. The summed E-state index contributed by atoms with van der Waals surface area (Å²) in [5, 5.41) is 4.51. The first-order valence-electron chi connectivity index (χ1n) is 12.1. The van der Waals surface area contributed by atoms with Gasteiger partial charge in [0.1, 0.15) is 17.9 Å². The van der Waals surface area contributed by atoms with Gasteiger partial charge in [0.25, 0.3) is 11.8 Å². The zero-order chi connectivity index (χ0) is 27.0. The summed E-state index contributed by atoms with van der Waals surface area (Å²) >= 11 is 3.47. The van der Waals surface area contributed by atoms with Crippen molar-refractivity contribution in [3.05, 3.63) is 111 Å². The number of benzene rings is 4. The Hall–Kier alpha value is -4.23. The molecule has 7 heteroatoms. The molecule has 1 aliphatic rings. The Kier molecular flexibility index (Phi) is 6.87. The molecule has 1 N–H and O–H groups in total. The first-order chi connectivity index (χ1) is 18.2. The Balaban J connectivity index is 1.50. The number of anilines is 1. The number of urea groups is 1. The summed E-state index contributed by atoms with van der Waals surface area (Å²) in [5.74, 6) is -0.947. The second-order valence-electron chi connectivity index (χ2n) is 9.28. The van der Waals surface area contributed by atoms with Crippen molar-refractivity contribution < 1.29 is 19.1 Å². The van der Waals surface area contributed by atoms with Gasteiger partial charge in [0, 0.05) is 15.6 Å². The summed E-state index contributed by atoms with van der Waals surface area (Å²) in [6, 6.07) is 22.2. The maximum absolute atomic E-state index is 13.4. The summed E-state index contributed by atoms with van der Waals surface area (Å²) < 4.78 is 7.01. The first kappa shape index (κ1) is 25.4. The lowest BCUT2D eigenvalue weighted by Crippen LogP contribution is -2.54. The molecule has 0 spiro atoms. The minimum atomic E-state index is -0.780. The molecule has 0 saturated carbocycles. The van der Waals surface area contributed by atoms with Gasteiger partial charge < -0.3 is 4.74 Å². The van der Waals surface area contributed by atoms with Crippen LogP contribution in [-0.4, -0.2) is 17.8 Å². The predicted octanol–water partition coefficient (Wildman–Crippen LogP) is 6.77. The van der Waals surface area contributed by atoms with E-state index in [2.05, 4.69) is 45.5 Å². The van der Waals surface area contributed by atoms with Gasteiger partial charge in [-0.1, -0.05) is 58.4 Å². The van der Waals surface area contributed by atoms with Gasteiger partial charge in [0.15, 0.2) is 0 Å². The molecule has 1 aliphatic heterocycles. The topological polar surface area (TPSA) is 75.7 Å². The van der Waals surface area contributed by atoms with Gasteiger partial charge in [0.05, 0.1) is 5.69 Å². The Morgan fingerprint density at radius 3 is 2.42 bits per heavy atom. The molecule has 4 amide bonds. The van der Waals surface area contributed by atoms with Crippen molar-refractivity contribution in [1.82, 2.24) is 5.32 Å². The molecule has 6 nitrogen and oxygen atoms in total. The van der Waals surface area contributed by atoms with Crippen LogP contribution in [0.5, 0.6) is 5.75 Å². The number of carbonyl (C=O) groups is 3. The van der Waals surface area contributed by atoms with Gasteiger partial charge in [-0.25, -0.2) is 9.69 Å². The van der Waals surface area contributed by atoms with Crippen LogP contribution in [0.3, 0.4) is 0 Å². The molecule has 0 radical (unpaired) electrons. The maximum atomic E-state index is 13.4. The number of hydrogen-bond acceptors (Lipinski definition) is 4. The number of halogens is 1. The Morgan fingerprint density at radius 1 is 0.868 bits per heavy atom. The summed E-state index contributed by atoms with van der Waals surface area (Å²) in [6.45, 7) is 6.19. The molecule has 1 fully saturated rings. The molecule has 0 unspecified atom stereocenters. The summed E-state index contributed by atoms with van der Waals surface area (Å²) in [7, 11) is 0. The highest BCUT2D eigenvalue weighted by molar-refractivity contribution is 9.10. The molecule has 0 aliphatic carbocycles. The van der Waals surface area contributed by atoms with E-state index >= 15 is 0 Å². The average Bonchev–Trinajstić information content (AvgIpc) is 2.89. The van der Waals surface area contributed by atoms with E-state index in [1.807, 2.05) is 45.0 Å². The van der Waals surface area contributed by atoms with Crippen molar-refractivity contribution in [3.8, 4) is 5.75 Å². The van der Waals surface area contributed by atoms with E-state index < -0.39 is 17.8 Å². The third kappa shape index (κ3) is 4.85. The quantitative estimate of drug-likeness (QED) is 0.213. The molecule has 0 bridgehead atoms. The molecule has 1 heterocycles. The fraction of sp³-hybridized carbons (Fsp3) is 0.129. The lowest BCUT2D eigenvalue weighted by molar-refractivity contribution is -0.122. The third-order valence-electron chi connectivity index (χ3n) is 6.77. The van der Waals surface area contributed by atoms with Gasteiger partial charge >= 0.3 is 6.03 Å². The number of rotatable bonds is 5. The molecule has 190 valence electrons. The summed E-state index contributed by atoms with van der Waals surface area (Å²) in [4.78, 5) is 39.8. The number of aryl methyl sites for hydroxylation is 3. The van der Waals surface area contributed by atoms with Crippen molar-refractivity contribution in [3.63, 3.8) is 0 Å². The molecule has 0 aromatic heterocycles. The second-order valence-corrected chi connectivity index (χ2v) is 10.2. The van der Waals surface area contributed by atoms with E-state index in [0.29, 0.717) is 23.6 Å². The Bertz CT molecular complexity index is 1660. The van der Waals surface area contributed by atoms with E-state index in [0.717, 1.165) is 42.4 Å². The maximum Gasteiger partial charge on any atom is 0.335 e. The van der Waals surface area contributed by atoms with Gasteiger partial charge in [-0.15, -0.1) is 0 Å². The van der Waals surface area contributed by atoms with Crippen LogP contribution in [-0.2, 0) is 16.2 Å². The number of ether oxygens (including phenoxy) is 1. The van der Waals surface area contributed by atoms with Crippen LogP contribution < -0.4 is 15.0 Å². The van der Waals surface area contributed by atoms with Crippen molar-refractivity contribution in [2.45, 2.75) is 27.4 Å². The van der Waals surface area contributed by atoms with Crippen molar-refractivity contribution in [2.75, 3.05) is 4.90 Å². The molecule has 0 atom stereocenters. The summed E-state index contributed by atoms with van der Waals surface area (Å²) in [6.07, 6.45) is 1.47. The third-order valence-corrected chi connectivity index (χ3v) is 7.26. The molecular formula is C31H25BrN2O4. The number of carbonyl (C=O) groups excluding carboxylic acids is 3. The average molecular weight is 569 g/mol. The molecule has 4 aromatic rings. The monoisotopic (exact) mass is 568 g/mol. The fourth-order valence-corrected chi connectivity index (χ4v) is 4.84. The lowest BCUT2D eigenvalue weighted by Gasteiger charge is -2.27. The van der Waals surface area contributed by atoms with Gasteiger partial charge in [-0.05, 0) is 84.6 Å². The SMILES string of the molecule is Cc1ccc(N2C(=O)NC(=O)/C(=C\c3cc(Br)ccc3OCc3c(C)ccc4ccccc34)C2=O)cc1C. The van der Waals surface area contributed by atoms with E-state index in [4.69, 9.17) is 4.74 Å². The Morgan fingerprint density at radius 2 is 1.63 bits per heavy atom. The number of nitrogens with one attached hydrogen (secondary N) is 1. The molecule has 1 saturated heterocycles. The van der Waals surface area contributed by atoms with E-state index in [9.17, 15) is 14.4 Å². The number of hydrogen-bond donors (Lipinski definition) is 1. The molecule has 38 heavy (non-hydrogen) atoms. The van der Waals surface area contributed by atoms with Crippen LogP contribution in [0.2, 0.25) is 0 Å².